The highest BCUT2D eigenvalue weighted by molar-refractivity contribution is 5.95. The van der Waals surface area contributed by atoms with Crippen molar-refractivity contribution in [1.82, 2.24) is 4.90 Å². The smallest absolute Gasteiger partial charge is 0.254 e. The molecule has 108 valence electrons. The average molecular weight is 275 g/mol. The van der Waals surface area contributed by atoms with E-state index in [-0.39, 0.29) is 12.7 Å². The Labute approximate surface area is 119 Å². The van der Waals surface area contributed by atoms with Crippen LogP contribution < -0.4 is 9.47 Å². The van der Waals surface area contributed by atoms with E-state index in [1.54, 1.807) is 6.07 Å². The normalized spacial score (nSPS) is 21.4. The van der Waals surface area contributed by atoms with Crippen molar-refractivity contribution in [3.05, 3.63) is 23.8 Å². The van der Waals surface area contributed by atoms with Gasteiger partial charge in [-0.05, 0) is 43.4 Å². The topological polar surface area (TPSA) is 38.8 Å². The van der Waals surface area contributed by atoms with E-state index in [4.69, 9.17) is 9.47 Å². The summed E-state index contributed by atoms with van der Waals surface area (Å²) in [7, 11) is 0. The number of piperidine rings is 1. The highest BCUT2D eigenvalue weighted by Crippen LogP contribution is 2.33. The van der Waals surface area contributed by atoms with E-state index in [1.807, 2.05) is 17.0 Å². The third-order valence-electron chi connectivity index (χ3n) is 4.20. The van der Waals surface area contributed by atoms with E-state index in [0.29, 0.717) is 23.3 Å². The van der Waals surface area contributed by atoms with Crippen molar-refractivity contribution in [2.45, 2.75) is 39.2 Å². The van der Waals surface area contributed by atoms with E-state index in [1.165, 1.54) is 6.42 Å². The van der Waals surface area contributed by atoms with Crippen LogP contribution in [0.15, 0.2) is 18.2 Å². The van der Waals surface area contributed by atoms with Crippen molar-refractivity contribution in [2.24, 2.45) is 5.92 Å². The zero-order valence-corrected chi connectivity index (χ0v) is 12.1. The van der Waals surface area contributed by atoms with E-state index in [2.05, 4.69) is 13.8 Å². The molecule has 1 atom stereocenters. The van der Waals surface area contributed by atoms with Gasteiger partial charge in [0.15, 0.2) is 11.5 Å². The summed E-state index contributed by atoms with van der Waals surface area (Å²) in [6.07, 6.45) is 3.42. The van der Waals surface area contributed by atoms with E-state index in [9.17, 15) is 4.79 Å². The molecule has 3 rings (SSSR count). The molecule has 1 saturated heterocycles. The molecule has 2 heterocycles. The summed E-state index contributed by atoms with van der Waals surface area (Å²) in [5.74, 6) is 2.00. The number of benzene rings is 1. The summed E-state index contributed by atoms with van der Waals surface area (Å²) in [5.41, 5.74) is 0.696. The molecule has 20 heavy (non-hydrogen) atoms. The molecule has 0 aromatic heterocycles. The predicted molar refractivity (Wildman–Crippen MR) is 76.1 cm³/mol. The van der Waals surface area contributed by atoms with Crippen molar-refractivity contribution in [1.29, 1.82) is 0 Å². The third kappa shape index (κ3) is 2.35. The number of fused-ring (bicyclic) bond motifs is 1. The molecule has 2 aliphatic heterocycles. The number of hydrogen-bond acceptors (Lipinski definition) is 3. The van der Waals surface area contributed by atoms with Crippen molar-refractivity contribution >= 4 is 5.91 Å². The number of amides is 1. The van der Waals surface area contributed by atoms with Gasteiger partial charge >= 0.3 is 0 Å². The molecule has 2 aliphatic rings. The predicted octanol–water partition coefficient (Wildman–Crippen LogP) is 3.07. The molecule has 1 aromatic carbocycles. The van der Waals surface area contributed by atoms with Gasteiger partial charge in [-0.15, -0.1) is 0 Å². The van der Waals surface area contributed by atoms with Gasteiger partial charge in [0.05, 0.1) is 0 Å². The molecule has 1 unspecified atom stereocenters. The van der Waals surface area contributed by atoms with E-state index >= 15 is 0 Å². The second-order valence-corrected chi connectivity index (χ2v) is 5.87. The van der Waals surface area contributed by atoms with Gasteiger partial charge < -0.3 is 14.4 Å². The standard InChI is InChI=1S/C16H21NO3/c1-11(2)13-5-3-4-8-17(13)16(18)12-6-7-14-15(9-12)20-10-19-14/h6-7,9,11,13H,3-5,8,10H2,1-2H3. The van der Waals surface area contributed by atoms with Crippen LogP contribution in [0, 0.1) is 5.92 Å². The lowest BCUT2D eigenvalue weighted by Gasteiger charge is -2.38. The molecule has 0 N–H and O–H groups in total. The number of carbonyl (C=O) groups is 1. The zero-order chi connectivity index (χ0) is 14.1. The maximum atomic E-state index is 12.7. The first-order valence-electron chi connectivity index (χ1n) is 7.37. The highest BCUT2D eigenvalue weighted by atomic mass is 16.7. The fourth-order valence-corrected chi connectivity index (χ4v) is 3.10. The molecular formula is C16H21NO3. The fourth-order valence-electron chi connectivity index (χ4n) is 3.10. The summed E-state index contributed by atoms with van der Waals surface area (Å²) in [6.45, 7) is 5.48. The lowest BCUT2D eigenvalue weighted by atomic mass is 9.92. The first-order valence-corrected chi connectivity index (χ1v) is 7.37. The molecule has 0 bridgehead atoms. The first kappa shape index (κ1) is 13.3. The van der Waals surface area contributed by atoms with Crippen LogP contribution >= 0.6 is 0 Å². The number of nitrogens with zero attached hydrogens (tertiary/aromatic N) is 1. The Balaban J connectivity index is 1.83. The van der Waals surface area contributed by atoms with Gasteiger partial charge in [-0.3, -0.25) is 4.79 Å². The largest absolute Gasteiger partial charge is 0.454 e. The number of carbonyl (C=O) groups excluding carboxylic acids is 1. The van der Waals surface area contributed by atoms with Crippen molar-refractivity contribution in [3.63, 3.8) is 0 Å². The van der Waals surface area contributed by atoms with Crippen LogP contribution in [0.3, 0.4) is 0 Å². The lowest BCUT2D eigenvalue weighted by Crippen LogP contribution is -2.46. The molecule has 0 saturated carbocycles. The fraction of sp³-hybridized carbons (Fsp3) is 0.562. The minimum atomic E-state index is 0.113. The number of ether oxygens (including phenoxy) is 2. The minimum Gasteiger partial charge on any atom is -0.454 e. The maximum Gasteiger partial charge on any atom is 0.254 e. The Hall–Kier alpha value is -1.71. The Morgan fingerprint density at radius 2 is 2.05 bits per heavy atom. The molecule has 4 heteroatoms. The van der Waals surface area contributed by atoms with Crippen molar-refractivity contribution < 1.29 is 14.3 Å². The molecule has 0 aliphatic carbocycles. The summed E-state index contributed by atoms with van der Waals surface area (Å²) >= 11 is 0. The van der Waals surface area contributed by atoms with Crippen LogP contribution in [0.4, 0.5) is 0 Å². The lowest BCUT2D eigenvalue weighted by molar-refractivity contribution is 0.0543. The molecule has 1 aromatic rings. The van der Waals surface area contributed by atoms with Crippen LogP contribution in [0.5, 0.6) is 11.5 Å². The molecule has 0 spiro atoms. The highest BCUT2D eigenvalue weighted by Gasteiger charge is 2.30. The first-order chi connectivity index (χ1) is 9.66. The van der Waals surface area contributed by atoms with Crippen LogP contribution in [-0.4, -0.2) is 30.2 Å². The van der Waals surface area contributed by atoms with Gasteiger partial charge in [0.1, 0.15) is 0 Å². The van der Waals surface area contributed by atoms with Crippen LogP contribution in [0.1, 0.15) is 43.5 Å². The second-order valence-electron chi connectivity index (χ2n) is 5.87. The average Bonchev–Trinajstić information content (AvgIpc) is 2.93. The van der Waals surface area contributed by atoms with Gasteiger partial charge in [-0.1, -0.05) is 13.8 Å². The number of rotatable bonds is 2. The molecule has 1 fully saturated rings. The molecular weight excluding hydrogens is 254 g/mol. The van der Waals surface area contributed by atoms with Gasteiger partial charge in [0.2, 0.25) is 6.79 Å². The number of likely N-dealkylation sites (tertiary alicyclic amines) is 1. The Bertz CT molecular complexity index is 512. The summed E-state index contributed by atoms with van der Waals surface area (Å²) in [4.78, 5) is 14.8. The minimum absolute atomic E-state index is 0.113. The van der Waals surface area contributed by atoms with Crippen LogP contribution in [0.25, 0.3) is 0 Å². The maximum absolute atomic E-state index is 12.7. The third-order valence-corrected chi connectivity index (χ3v) is 4.20. The number of hydrogen-bond donors (Lipinski definition) is 0. The van der Waals surface area contributed by atoms with Crippen LogP contribution in [-0.2, 0) is 0 Å². The van der Waals surface area contributed by atoms with E-state index in [0.717, 1.165) is 25.1 Å². The van der Waals surface area contributed by atoms with Gasteiger partial charge in [0.25, 0.3) is 5.91 Å². The SMILES string of the molecule is CC(C)C1CCCCN1C(=O)c1ccc2c(c1)OCO2. The zero-order valence-electron chi connectivity index (χ0n) is 12.1. The molecule has 4 nitrogen and oxygen atoms in total. The molecule has 0 radical (unpaired) electrons. The van der Waals surface area contributed by atoms with Gasteiger partial charge in [-0.2, -0.15) is 0 Å². The van der Waals surface area contributed by atoms with Crippen molar-refractivity contribution in [3.8, 4) is 11.5 Å². The Morgan fingerprint density at radius 3 is 2.85 bits per heavy atom. The van der Waals surface area contributed by atoms with Crippen molar-refractivity contribution in [2.75, 3.05) is 13.3 Å². The second kappa shape index (κ2) is 5.35. The summed E-state index contributed by atoms with van der Waals surface area (Å²) in [6, 6.07) is 5.81. The van der Waals surface area contributed by atoms with E-state index < -0.39 is 0 Å². The quantitative estimate of drug-likeness (QED) is 0.832. The Kier molecular flexibility index (Phi) is 3.55. The van der Waals surface area contributed by atoms with Crippen LogP contribution in [0.2, 0.25) is 0 Å². The van der Waals surface area contributed by atoms with Gasteiger partial charge in [-0.25, -0.2) is 0 Å². The summed E-state index contributed by atoms with van der Waals surface area (Å²) in [5, 5.41) is 0. The Morgan fingerprint density at radius 1 is 1.25 bits per heavy atom. The van der Waals surface area contributed by atoms with Gasteiger partial charge in [0, 0.05) is 18.2 Å². The monoisotopic (exact) mass is 275 g/mol. The molecule has 1 amide bonds. The summed E-state index contributed by atoms with van der Waals surface area (Å²) < 4.78 is 10.6.